The summed E-state index contributed by atoms with van der Waals surface area (Å²) in [6, 6.07) is 8.18. The summed E-state index contributed by atoms with van der Waals surface area (Å²) in [5, 5.41) is 3.77. The molecule has 0 aliphatic carbocycles. The Morgan fingerprint density at radius 3 is 2.65 bits per heavy atom. The molecule has 5 heteroatoms. The average Bonchev–Trinajstić information content (AvgIpc) is 2.69. The van der Waals surface area contributed by atoms with Gasteiger partial charge in [0.2, 0.25) is 0 Å². The van der Waals surface area contributed by atoms with Crippen molar-refractivity contribution in [2.75, 3.05) is 0 Å². The molecule has 1 aromatic carbocycles. The zero-order valence-corrected chi connectivity index (χ0v) is 11.2. The van der Waals surface area contributed by atoms with Gasteiger partial charge in [-0.25, -0.2) is 4.39 Å². The Labute approximate surface area is 113 Å². The zero-order chi connectivity index (χ0) is 12.3. The van der Waals surface area contributed by atoms with Crippen LogP contribution in [0, 0.1) is 5.82 Å². The standard InChI is InChI=1S/C12H10Cl2FNS/c13-11-3-1-9(15)5-8(11)6-16-7-10-2-4-12(14)17-10/h1-5,16H,6-7H2. The van der Waals surface area contributed by atoms with Crippen LogP contribution in [0.25, 0.3) is 0 Å². The van der Waals surface area contributed by atoms with Crippen LogP contribution in [0.1, 0.15) is 10.4 Å². The second-order valence-corrected chi connectivity index (χ2v) is 5.75. The number of hydrogen-bond donors (Lipinski definition) is 1. The number of hydrogen-bond acceptors (Lipinski definition) is 2. The van der Waals surface area contributed by atoms with E-state index in [1.165, 1.54) is 23.5 Å². The van der Waals surface area contributed by atoms with Crippen molar-refractivity contribution in [2.45, 2.75) is 13.1 Å². The molecular formula is C12H10Cl2FNS. The van der Waals surface area contributed by atoms with E-state index in [0.717, 1.165) is 14.8 Å². The molecule has 1 aromatic heterocycles. The van der Waals surface area contributed by atoms with Crippen LogP contribution in [0.5, 0.6) is 0 Å². The molecule has 0 aliphatic heterocycles. The average molecular weight is 290 g/mol. The molecule has 2 aromatic rings. The molecule has 0 atom stereocenters. The molecule has 0 saturated heterocycles. The number of halogens is 3. The highest BCUT2D eigenvalue weighted by molar-refractivity contribution is 7.16. The van der Waals surface area contributed by atoms with E-state index in [1.54, 1.807) is 6.07 Å². The quantitative estimate of drug-likeness (QED) is 0.875. The molecule has 0 spiro atoms. The normalized spacial score (nSPS) is 10.8. The van der Waals surface area contributed by atoms with Gasteiger partial charge in [-0.3, -0.25) is 0 Å². The predicted molar refractivity (Wildman–Crippen MR) is 71.3 cm³/mol. The van der Waals surface area contributed by atoms with E-state index in [1.807, 2.05) is 12.1 Å². The second-order valence-electron chi connectivity index (χ2n) is 3.55. The number of benzene rings is 1. The Hall–Kier alpha value is -0.610. The van der Waals surface area contributed by atoms with Crippen molar-refractivity contribution < 1.29 is 4.39 Å². The molecule has 0 radical (unpaired) electrons. The van der Waals surface area contributed by atoms with Crippen molar-refractivity contribution in [3.63, 3.8) is 0 Å². The van der Waals surface area contributed by atoms with Gasteiger partial charge in [0.25, 0.3) is 0 Å². The molecule has 90 valence electrons. The largest absolute Gasteiger partial charge is 0.308 e. The van der Waals surface area contributed by atoms with Crippen molar-refractivity contribution in [2.24, 2.45) is 0 Å². The van der Waals surface area contributed by atoms with Crippen LogP contribution in [-0.2, 0) is 13.1 Å². The Morgan fingerprint density at radius 2 is 1.94 bits per heavy atom. The number of nitrogens with one attached hydrogen (secondary N) is 1. The topological polar surface area (TPSA) is 12.0 Å². The third kappa shape index (κ3) is 3.68. The molecule has 0 aliphatic rings. The van der Waals surface area contributed by atoms with Crippen LogP contribution in [0.2, 0.25) is 9.36 Å². The lowest BCUT2D eigenvalue weighted by atomic mass is 10.2. The molecule has 0 amide bonds. The summed E-state index contributed by atoms with van der Waals surface area (Å²) in [6.07, 6.45) is 0. The fourth-order valence-corrected chi connectivity index (χ4v) is 2.69. The maximum Gasteiger partial charge on any atom is 0.123 e. The van der Waals surface area contributed by atoms with E-state index in [0.29, 0.717) is 18.1 Å². The summed E-state index contributed by atoms with van der Waals surface area (Å²) < 4.78 is 13.8. The second kappa shape index (κ2) is 5.83. The van der Waals surface area contributed by atoms with Crippen LogP contribution in [0.15, 0.2) is 30.3 Å². The number of rotatable bonds is 4. The summed E-state index contributed by atoms with van der Waals surface area (Å²) in [5.41, 5.74) is 0.759. The lowest BCUT2D eigenvalue weighted by molar-refractivity contribution is 0.620. The fraction of sp³-hybridized carbons (Fsp3) is 0.167. The first-order chi connectivity index (χ1) is 8.15. The fourth-order valence-electron chi connectivity index (χ4n) is 1.45. The summed E-state index contributed by atoms with van der Waals surface area (Å²) in [5.74, 6) is -0.273. The van der Waals surface area contributed by atoms with Crippen LogP contribution in [-0.4, -0.2) is 0 Å². The summed E-state index contributed by atoms with van der Waals surface area (Å²) >= 11 is 13.3. The zero-order valence-electron chi connectivity index (χ0n) is 8.84. The van der Waals surface area contributed by atoms with Gasteiger partial charge in [0.05, 0.1) is 4.34 Å². The van der Waals surface area contributed by atoms with Gasteiger partial charge in [-0.2, -0.15) is 0 Å². The van der Waals surface area contributed by atoms with Crippen molar-refractivity contribution >= 4 is 34.5 Å². The molecular weight excluding hydrogens is 280 g/mol. The maximum absolute atomic E-state index is 13.0. The van der Waals surface area contributed by atoms with E-state index in [-0.39, 0.29) is 5.82 Å². The minimum Gasteiger partial charge on any atom is -0.308 e. The number of thiophene rings is 1. The van der Waals surface area contributed by atoms with Crippen LogP contribution in [0.3, 0.4) is 0 Å². The predicted octanol–water partition coefficient (Wildman–Crippen LogP) is 4.48. The highest BCUT2D eigenvalue weighted by Crippen LogP contribution is 2.21. The van der Waals surface area contributed by atoms with Crippen molar-refractivity contribution in [1.82, 2.24) is 5.32 Å². The lowest BCUT2D eigenvalue weighted by Gasteiger charge is -2.05. The summed E-state index contributed by atoms with van der Waals surface area (Å²) in [6.45, 7) is 1.23. The monoisotopic (exact) mass is 289 g/mol. The molecule has 0 unspecified atom stereocenters. The summed E-state index contributed by atoms with van der Waals surface area (Å²) in [4.78, 5) is 1.14. The van der Waals surface area contributed by atoms with Gasteiger partial charge in [0.15, 0.2) is 0 Å². The summed E-state index contributed by atoms with van der Waals surface area (Å²) in [7, 11) is 0. The Morgan fingerprint density at radius 1 is 1.12 bits per heavy atom. The molecule has 0 saturated carbocycles. The van der Waals surface area contributed by atoms with Crippen LogP contribution in [0.4, 0.5) is 4.39 Å². The van der Waals surface area contributed by atoms with E-state index >= 15 is 0 Å². The highest BCUT2D eigenvalue weighted by atomic mass is 35.5. The SMILES string of the molecule is Fc1ccc(Cl)c(CNCc2ccc(Cl)s2)c1. The first-order valence-electron chi connectivity index (χ1n) is 5.04. The van der Waals surface area contributed by atoms with Gasteiger partial charge in [-0.15, -0.1) is 11.3 Å². The third-order valence-electron chi connectivity index (χ3n) is 2.25. The first-order valence-corrected chi connectivity index (χ1v) is 6.61. The molecule has 17 heavy (non-hydrogen) atoms. The molecule has 0 bridgehead atoms. The minimum atomic E-state index is -0.273. The van der Waals surface area contributed by atoms with E-state index in [9.17, 15) is 4.39 Å². The molecule has 2 rings (SSSR count). The maximum atomic E-state index is 13.0. The van der Waals surface area contributed by atoms with Crippen molar-refractivity contribution in [3.8, 4) is 0 Å². The highest BCUT2D eigenvalue weighted by Gasteiger charge is 2.02. The molecule has 0 fully saturated rings. The van der Waals surface area contributed by atoms with Gasteiger partial charge in [-0.1, -0.05) is 23.2 Å². The molecule has 1 nitrogen and oxygen atoms in total. The lowest BCUT2D eigenvalue weighted by Crippen LogP contribution is -2.12. The third-order valence-corrected chi connectivity index (χ3v) is 3.85. The van der Waals surface area contributed by atoms with E-state index < -0.39 is 0 Å². The van der Waals surface area contributed by atoms with Gasteiger partial charge < -0.3 is 5.32 Å². The van der Waals surface area contributed by atoms with Gasteiger partial charge in [0, 0.05) is 23.0 Å². The van der Waals surface area contributed by atoms with E-state index in [2.05, 4.69) is 5.32 Å². The van der Waals surface area contributed by atoms with Crippen molar-refractivity contribution in [3.05, 3.63) is 55.9 Å². The van der Waals surface area contributed by atoms with Crippen molar-refractivity contribution in [1.29, 1.82) is 0 Å². The van der Waals surface area contributed by atoms with Gasteiger partial charge >= 0.3 is 0 Å². The van der Waals surface area contributed by atoms with E-state index in [4.69, 9.17) is 23.2 Å². The Kier molecular flexibility index (Phi) is 4.40. The van der Waals surface area contributed by atoms with Gasteiger partial charge in [-0.05, 0) is 35.9 Å². The minimum absolute atomic E-state index is 0.273. The Balaban J connectivity index is 1.91. The van der Waals surface area contributed by atoms with Crippen LogP contribution < -0.4 is 5.32 Å². The molecule has 1 N–H and O–H groups in total. The molecule has 1 heterocycles. The van der Waals surface area contributed by atoms with Crippen LogP contribution >= 0.6 is 34.5 Å². The first kappa shape index (κ1) is 12.8. The smallest absolute Gasteiger partial charge is 0.123 e. The Bertz CT molecular complexity index is 513. The van der Waals surface area contributed by atoms with Gasteiger partial charge in [0.1, 0.15) is 5.82 Å².